The summed E-state index contributed by atoms with van der Waals surface area (Å²) in [5.74, 6) is 1.69. The number of nitrogens with zero attached hydrogens (tertiary/aromatic N) is 2. The zero-order chi connectivity index (χ0) is 19.1. The Morgan fingerprint density at radius 1 is 1.30 bits per heavy atom. The molecule has 1 aliphatic heterocycles. The van der Waals surface area contributed by atoms with Crippen molar-refractivity contribution in [1.82, 2.24) is 15.4 Å². The maximum absolute atomic E-state index is 12.4. The second-order valence-electron chi connectivity index (χ2n) is 6.74. The van der Waals surface area contributed by atoms with Gasteiger partial charge in [0.05, 0.1) is 7.11 Å². The second-order valence-corrected chi connectivity index (χ2v) is 6.74. The van der Waals surface area contributed by atoms with Crippen molar-refractivity contribution in [2.45, 2.75) is 38.8 Å². The smallest absolute Gasteiger partial charge is 0.273 e. The second kappa shape index (κ2) is 9.41. The first-order chi connectivity index (χ1) is 13.2. The Morgan fingerprint density at radius 3 is 2.81 bits per heavy atom. The highest BCUT2D eigenvalue weighted by molar-refractivity contribution is 5.92. The fourth-order valence-electron chi connectivity index (χ4n) is 3.21. The highest BCUT2D eigenvalue weighted by atomic mass is 16.5. The van der Waals surface area contributed by atoms with Crippen molar-refractivity contribution in [2.24, 2.45) is 0 Å². The van der Waals surface area contributed by atoms with Crippen LogP contribution in [0.1, 0.15) is 42.4 Å². The molecule has 0 radical (unpaired) electrons. The molecule has 2 heterocycles. The lowest BCUT2D eigenvalue weighted by Gasteiger charge is -2.31. The first-order valence-corrected chi connectivity index (χ1v) is 9.43. The number of carbonyl (C=O) groups is 1. The van der Waals surface area contributed by atoms with Gasteiger partial charge in [-0.25, -0.2) is 0 Å². The van der Waals surface area contributed by atoms with Gasteiger partial charge in [-0.3, -0.25) is 4.79 Å². The summed E-state index contributed by atoms with van der Waals surface area (Å²) < 4.78 is 16.1. The number of aromatic nitrogens is 1. The summed E-state index contributed by atoms with van der Waals surface area (Å²) in [6, 6.07) is 9.13. The summed E-state index contributed by atoms with van der Waals surface area (Å²) in [6.45, 7) is 5.56. The third kappa shape index (κ3) is 5.47. The van der Waals surface area contributed by atoms with Gasteiger partial charge >= 0.3 is 0 Å². The monoisotopic (exact) mass is 373 g/mol. The molecule has 1 fully saturated rings. The SMILES string of the molecule is CCCN1CCC(NC(=O)c2cc(COc3cccc(OC)c3)on2)CC1. The third-order valence-electron chi connectivity index (χ3n) is 4.68. The number of likely N-dealkylation sites (tertiary alicyclic amines) is 1. The quantitative estimate of drug-likeness (QED) is 0.767. The molecule has 27 heavy (non-hydrogen) atoms. The predicted molar refractivity (Wildman–Crippen MR) is 101 cm³/mol. The van der Waals surface area contributed by atoms with Crippen LogP contribution >= 0.6 is 0 Å². The molecule has 0 aliphatic carbocycles. The van der Waals surface area contributed by atoms with Crippen LogP contribution < -0.4 is 14.8 Å². The van der Waals surface area contributed by atoms with E-state index in [0.717, 1.165) is 44.6 Å². The minimum Gasteiger partial charge on any atom is -0.497 e. The molecule has 146 valence electrons. The average Bonchev–Trinajstić information content (AvgIpc) is 3.17. The molecular formula is C20H27N3O4. The highest BCUT2D eigenvalue weighted by Crippen LogP contribution is 2.20. The number of hydrogen-bond donors (Lipinski definition) is 1. The van der Waals surface area contributed by atoms with Crippen molar-refractivity contribution in [3.05, 3.63) is 41.8 Å². The molecule has 0 atom stereocenters. The molecule has 1 aromatic heterocycles. The fraction of sp³-hybridized carbons (Fsp3) is 0.500. The van der Waals surface area contributed by atoms with Gasteiger partial charge in [0, 0.05) is 31.3 Å². The lowest BCUT2D eigenvalue weighted by Crippen LogP contribution is -2.44. The van der Waals surface area contributed by atoms with Crippen LogP contribution in [0.3, 0.4) is 0 Å². The fourth-order valence-corrected chi connectivity index (χ4v) is 3.21. The Morgan fingerprint density at radius 2 is 2.07 bits per heavy atom. The number of rotatable bonds is 8. The molecule has 1 amide bonds. The van der Waals surface area contributed by atoms with Crippen LogP contribution in [0.4, 0.5) is 0 Å². The number of piperidine rings is 1. The number of carbonyl (C=O) groups excluding carboxylic acids is 1. The van der Waals surface area contributed by atoms with Crippen molar-refractivity contribution < 1.29 is 18.8 Å². The number of hydrogen-bond acceptors (Lipinski definition) is 6. The van der Waals surface area contributed by atoms with Crippen molar-refractivity contribution in [3.63, 3.8) is 0 Å². The van der Waals surface area contributed by atoms with E-state index in [1.54, 1.807) is 19.2 Å². The number of benzene rings is 1. The van der Waals surface area contributed by atoms with Crippen molar-refractivity contribution >= 4 is 5.91 Å². The summed E-state index contributed by atoms with van der Waals surface area (Å²) >= 11 is 0. The van der Waals surface area contributed by atoms with E-state index in [0.29, 0.717) is 11.5 Å². The highest BCUT2D eigenvalue weighted by Gasteiger charge is 2.22. The van der Waals surface area contributed by atoms with Gasteiger partial charge in [0.15, 0.2) is 11.5 Å². The maximum Gasteiger partial charge on any atom is 0.273 e. The van der Waals surface area contributed by atoms with Crippen molar-refractivity contribution in [3.8, 4) is 11.5 Å². The third-order valence-corrected chi connectivity index (χ3v) is 4.68. The Kier molecular flexibility index (Phi) is 6.70. The number of methoxy groups -OCH3 is 1. The van der Waals surface area contributed by atoms with Gasteiger partial charge in [0.25, 0.3) is 5.91 Å². The molecular weight excluding hydrogens is 346 g/mol. The lowest BCUT2D eigenvalue weighted by atomic mass is 10.0. The summed E-state index contributed by atoms with van der Waals surface area (Å²) in [4.78, 5) is 14.8. The van der Waals surface area contributed by atoms with E-state index in [9.17, 15) is 4.79 Å². The normalized spacial score (nSPS) is 15.5. The predicted octanol–water partition coefficient (Wildman–Crippen LogP) is 2.87. The van der Waals surface area contributed by atoms with Gasteiger partial charge in [-0.05, 0) is 37.9 Å². The molecule has 1 aliphatic rings. The molecule has 1 aromatic carbocycles. The summed E-state index contributed by atoms with van der Waals surface area (Å²) in [5.41, 5.74) is 0.287. The molecule has 0 bridgehead atoms. The molecule has 7 heteroatoms. The number of amides is 1. The Hall–Kier alpha value is -2.54. The molecule has 0 spiro atoms. The van der Waals surface area contributed by atoms with Gasteiger partial charge in [0.1, 0.15) is 18.1 Å². The molecule has 0 saturated carbocycles. The summed E-state index contributed by atoms with van der Waals surface area (Å²) in [6.07, 6.45) is 3.10. The summed E-state index contributed by atoms with van der Waals surface area (Å²) in [5, 5.41) is 6.92. The number of ether oxygens (including phenoxy) is 2. The van der Waals surface area contributed by atoms with Crippen molar-refractivity contribution in [2.75, 3.05) is 26.7 Å². The van der Waals surface area contributed by atoms with E-state index >= 15 is 0 Å². The topological polar surface area (TPSA) is 76.8 Å². The molecule has 3 rings (SSSR count). The standard InChI is InChI=1S/C20H27N3O4/c1-3-9-23-10-7-15(8-11-23)21-20(24)19-13-18(27-22-19)14-26-17-6-4-5-16(12-17)25-2/h4-6,12-13,15H,3,7-11,14H2,1-2H3,(H,21,24). The zero-order valence-corrected chi connectivity index (χ0v) is 15.9. The van der Waals surface area contributed by atoms with Gasteiger partial charge in [0.2, 0.25) is 0 Å². The molecule has 1 N–H and O–H groups in total. The minimum absolute atomic E-state index is 0.193. The lowest BCUT2D eigenvalue weighted by molar-refractivity contribution is 0.0901. The Bertz CT molecular complexity index is 738. The zero-order valence-electron chi connectivity index (χ0n) is 15.9. The first-order valence-electron chi connectivity index (χ1n) is 9.43. The Labute approximate surface area is 159 Å². The molecule has 1 saturated heterocycles. The van der Waals surface area contributed by atoms with Gasteiger partial charge < -0.3 is 24.2 Å². The first kappa shape index (κ1) is 19.2. The minimum atomic E-state index is -0.194. The van der Waals surface area contributed by atoms with Crippen LogP contribution in [-0.2, 0) is 6.61 Å². The van der Waals surface area contributed by atoms with Gasteiger partial charge in [-0.1, -0.05) is 18.1 Å². The largest absolute Gasteiger partial charge is 0.497 e. The molecule has 0 unspecified atom stereocenters. The van der Waals surface area contributed by atoms with E-state index in [2.05, 4.69) is 22.3 Å². The van der Waals surface area contributed by atoms with Crippen LogP contribution in [0.2, 0.25) is 0 Å². The van der Waals surface area contributed by atoms with E-state index in [1.807, 2.05) is 18.2 Å². The van der Waals surface area contributed by atoms with Crippen LogP contribution in [0, 0.1) is 0 Å². The van der Waals surface area contributed by atoms with E-state index in [4.69, 9.17) is 14.0 Å². The van der Waals surface area contributed by atoms with E-state index < -0.39 is 0 Å². The van der Waals surface area contributed by atoms with E-state index in [1.165, 1.54) is 0 Å². The van der Waals surface area contributed by atoms with Gasteiger partial charge in [-0.15, -0.1) is 0 Å². The van der Waals surface area contributed by atoms with Crippen LogP contribution in [-0.4, -0.2) is 48.7 Å². The van der Waals surface area contributed by atoms with Crippen molar-refractivity contribution in [1.29, 1.82) is 0 Å². The van der Waals surface area contributed by atoms with Crippen LogP contribution in [0.5, 0.6) is 11.5 Å². The van der Waals surface area contributed by atoms with Gasteiger partial charge in [-0.2, -0.15) is 0 Å². The number of nitrogens with one attached hydrogen (secondary N) is 1. The van der Waals surface area contributed by atoms with E-state index in [-0.39, 0.29) is 24.2 Å². The Balaban J connectivity index is 1.47. The van der Waals surface area contributed by atoms with Crippen LogP contribution in [0.25, 0.3) is 0 Å². The molecule has 2 aromatic rings. The van der Waals surface area contributed by atoms with Crippen LogP contribution in [0.15, 0.2) is 34.9 Å². The maximum atomic E-state index is 12.4. The summed E-state index contributed by atoms with van der Waals surface area (Å²) in [7, 11) is 1.61. The average molecular weight is 373 g/mol. The molecule has 7 nitrogen and oxygen atoms in total.